The van der Waals surface area contributed by atoms with Crippen LogP contribution in [0.25, 0.3) is 17.4 Å². The number of benzene rings is 2. The lowest BCUT2D eigenvalue weighted by Crippen LogP contribution is -2.27. The highest BCUT2D eigenvalue weighted by atomic mass is 32.2. The number of carbonyl (C=O) groups is 1. The number of furan rings is 1. The molecule has 0 radical (unpaired) electrons. The lowest BCUT2D eigenvalue weighted by Gasteiger charge is -2.15. The van der Waals surface area contributed by atoms with Gasteiger partial charge in [-0.05, 0) is 60.9 Å². The van der Waals surface area contributed by atoms with Gasteiger partial charge in [-0.1, -0.05) is 30.0 Å². The largest absolute Gasteiger partial charge is 0.457 e. The van der Waals surface area contributed by atoms with Crippen molar-refractivity contribution < 1.29 is 13.6 Å². The predicted molar refractivity (Wildman–Crippen MR) is 118 cm³/mol. The minimum absolute atomic E-state index is 0.173. The van der Waals surface area contributed by atoms with Crippen LogP contribution in [0.3, 0.4) is 0 Å². The topological polar surface area (TPSA) is 33.5 Å². The van der Waals surface area contributed by atoms with Crippen molar-refractivity contribution in [2.45, 2.75) is 4.90 Å². The molecule has 1 aliphatic heterocycles. The summed E-state index contributed by atoms with van der Waals surface area (Å²) in [5.41, 5.74) is 1.52. The van der Waals surface area contributed by atoms with Crippen molar-refractivity contribution in [3.05, 3.63) is 77.1 Å². The zero-order valence-corrected chi connectivity index (χ0v) is 17.2. The van der Waals surface area contributed by atoms with Crippen LogP contribution >= 0.6 is 35.7 Å². The van der Waals surface area contributed by atoms with Gasteiger partial charge in [0, 0.05) is 16.5 Å². The second-order valence-corrected chi connectivity index (χ2v) is 8.48. The fraction of sp³-hybridized carbons (Fsp3) is 0.0476. The molecule has 2 heterocycles. The Bertz CT molecular complexity index is 1090. The smallest absolute Gasteiger partial charge is 0.270 e. The summed E-state index contributed by atoms with van der Waals surface area (Å²) in [6.07, 6.45) is 3.67. The third kappa shape index (κ3) is 3.78. The molecule has 1 amide bonds. The summed E-state index contributed by atoms with van der Waals surface area (Å²) < 4.78 is 19.4. The first-order valence-corrected chi connectivity index (χ1v) is 10.8. The lowest BCUT2D eigenvalue weighted by atomic mass is 10.2. The molecule has 3 nitrogen and oxygen atoms in total. The van der Waals surface area contributed by atoms with E-state index in [4.69, 9.17) is 16.6 Å². The van der Waals surface area contributed by atoms with Crippen LogP contribution in [0.1, 0.15) is 5.76 Å². The van der Waals surface area contributed by atoms with Crippen molar-refractivity contribution in [3.8, 4) is 11.3 Å². The van der Waals surface area contributed by atoms with Crippen LogP contribution < -0.4 is 4.90 Å². The van der Waals surface area contributed by atoms with Gasteiger partial charge in [-0.25, -0.2) is 4.39 Å². The number of nitrogens with zero attached hydrogens (tertiary/aromatic N) is 1. The van der Waals surface area contributed by atoms with E-state index >= 15 is 0 Å². The molecule has 28 heavy (non-hydrogen) atoms. The quantitative estimate of drug-likeness (QED) is 0.281. The fourth-order valence-corrected chi connectivity index (χ4v) is 4.50. The van der Waals surface area contributed by atoms with E-state index < -0.39 is 0 Å². The van der Waals surface area contributed by atoms with E-state index in [2.05, 4.69) is 0 Å². The maximum atomic E-state index is 13.1. The highest BCUT2D eigenvalue weighted by Crippen LogP contribution is 2.37. The molecule has 0 N–H and O–H groups in total. The Kier molecular flexibility index (Phi) is 5.39. The number of rotatable bonds is 4. The van der Waals surface area contributed by atoms with Gasteiger partial charge in [-0.2, -0.15) is 0 Å². The van der Waals surface area contributed by atoms with Gasteiger partial charge in [0.1, 0.15) is 17.3 Å². The molecule has 0 saturated carbocycles. The van der Waals surface area contributed by atoms with Gasteiger partial charge >= 0.3 is 0 Å². The van der Waals surface area contributed by atoms with Gasteiger partial charge in [0.15, 0.2) is 4.32 Å². The number of anilines is 1. The summed E-state index contributed by atoms with van der Waals surface area (Å²) in [6, 6.07) is 17.3. The first-order valence-electron chi connectivity index (χ1n) is 8.33. The molecular formula is C21H14FNO2S3. The second-order valence-electron chi connectivity index (χ2n) is 5.93. The fourth-order valence-electron chi connectivity index (χ4n) is 2.77. The van der Waals surface area contributed by atoms with Crippen LogP contribution in [0.5, 0.6) is 0 Å². The van der Waals surface area contributed by atoms with Gasteiger partial charge in [0.05, 0.1) is 10.6 Å². The second kappa shape index (κ2) is 7.95. The van der Waals surface area contributed by atoms with Crippen LogP contribution in [0.15, 0.2) is 74.9 Å². The van der Waals surface area contributed by atoms with E-state index in [0.717, 1.165) is 16.1 Å². The molecule has 1 saturated heterocycles. The summed E-state index contributed by atoms with van der Waals surface area (Å²) in [4.78, 5) is 16.0. The zero-order valence-electron chi connectivity index (χ0n) is 14.7. The monoisotopic (exact) mass is 427 g/mol. The van der Waals surface area contributed by atoms with E-state index in [1.807, 2.05) is 30.5 Å². The minimum Gasteiger partial charge on any atom is -0.457 e. The summed E-state index contributed by atoms with van der Waals surface area (Å²) in [5.74, 6) is 0.671. The summed E-state index contributed by atoms with van der Waals surface area (Å²) >= 11 is 8.27. The highest BCUT2D eigenvalue weighted by Gasteiger charge is 2.33. The maximum absolute atomic E-state index is 13.1. The molecule has 4 rings (SSSR count). The Hall–Kier alpha value is -2.35. The van der Waals surface area contributed by atoms with Crippen molar-refractivity contribution >= 4 is 57.7 Å². The van der Waals surface area contributed by atoms with Crippen molar-refractivity contribution in [3.63, 3.8) is 0 Å². The Labute approximate surface area is 175 Å². The highest BCUT2D eigenvalue weighted by molar-refractivity contribution is 8.27. The average Bonchev–Trinajstić information content (AvgIpc) is 3.27. The van der Waals surface area contributed by atoms with Gasteiger partial charge in [0.2, 0.25) is 0 Å². The molecular weight excluding hydrogens is 413 g/mol. The molecule has 7 heteroatoms. The van der Waals surface area contributed by atoms with E-state index in [-0.39, 0.29) is 11.7 Å². The number of carbonyl (C=O) groups excluding carboxylic acids is 1. The van der Waals surface area contributed by atoms with E-state index in [0.29, 0.717) is 20.7 Å². The summed E-state index contributed by atoms with van der Waals surface area (Å²) in [6.45, 7) is 0. The van der Waals surface area contributed by atoms with Crippen LogP contribution in [-0.4, -0.2) is 16.5 Å². The number of halogens is 1. The maximum Gasteiger partial charge on any atom is 0.270 e. The molecule has 140 valence electrons. The van der Waals surface area contributed by atoms with Gasteiger partial charge in [-0.3, -0.25) is 9.69 Å². The number of thiocarbonyl (C=S) groups is 1. The van der Waals surface area contributed by atoms with Gasteiger partial charge in [-0.15, -0.1) is 11.8 Å². The lowest BCUT2D eigenvalue weighted by molar-refractivity contribution is -0.113. The van der Waals surface area contributed by atoms with E-state index in [1.54, 1.807) is 42.1 Å². The molecule has 2 aromatic carbocycles. The molecule has 1 aromatic heterocycles. The molecule has 3 aromatic rings. The normalized spacial score (nSPS) is 15.6. The Morgan fingerprint density at radius 2 is 1.93 bits per heavy atom. The predicted octanol–water partition coefficient (Wildman–Crippen LogP) is 6.21. The SMILES string of the molecule is CSc1cccc(N2C(=O)/C(=C/c3ccc(-c4ccc(F)cc4)o3)SC2=S)c1. The molecule has 0 atom stereocenters. The Balaban J connectivity index is 1.60. The standard InChI is InChI=1S/C21H14FNO2S3/c1-27-17-4-2-3-15(11-17)23-20(24)19(28-21(23)26)12-16-9-10-18(25-16)13-5-7-14(22)8-6-13/h2-12H,1H3/b19-12-. The van der Waals surface area contributed by atoms with Gasteiger partial charge in [0.25, 0.3) is 5.91 Å². The molecule has 0 aliphatic carbocycles. The number of hydrogen-bond donors (Lipinski definition) is 0. The van der Waals surface area contributed by atoms with Crippen LogP contribution in [-0.2, 0) is 4.79 Å². The number of amides is 1. The Morgan fingerprint density at radius 3 is 2.68 bits per heavy atom. The van der Waals surface area contributed by atoms with E-state index in [9.17, 15) is 9.18 Å². The van der Waals surface area contributed by atoms with Crippen molar-refractivity contribution in [2.75, 3.05) is 11.2 Å². The third-order valence-electron chi connectivity index (χ3n) is 4.13. The summed E-state index contributed by atoms with van der Waals surface area (Å²) in [5, 5.41) is 0. The van der Waals surface area contributed by atoms with E-state index in [1.165, 1.54) is 28.8 Å². The summed E-state index contributed by atoms with van der Waals surface area (Å²) in [7, 11) is 0. The molecule has 1 aliphatic rings. The number of hydrogen-bond acceptors (Lipinski definition) is 5. The molecule has 0 bridgehead atoms. The molecule has 0 spiro atoms. The first-order chi connectivity index (χ1) is 13.5. The minimum atomic E-state index is -0.301. The number of thioether (sulfide) groups is 2. The zero-order chi connectivity index (χ0) is 19.7. The Morgan fingerprint density at radius 1 is 1.14 bits per heavy atom. The van der Waals surface area contributed by atoms with Crippen LogP contribution in [0.2, 0.25) is 0 Å². The van der Waals surface area contributed by atoms with Crippen molar-refractivity contribution in [1.82, 2.24) is 0 Å². The van der Waals surface area contributed by atoms with Gasteiger partial charge < -0.3 is 4.42 Å². The van der Waals surface area contributed by atoms with Crippen molar-refractivity contribution in [2.24, 2.45) is 0 Å². The first kappa shape index (κ1) is 19.0. The third-order valence-corrected chi connectivity index (χ3v) is 6.16. The molecule has 1 fully saturated rings. The average molecular weight is 428 g/mol. The van der Waals surface area contributed by atoms with Crippen molar-refractivity contribution in [1.29, 1.82) is 0 Å². The van der Waals surface area contributed by atoms with Crippen LogP contribution in [0.4, 0.5) is 10.1 Å². The van der Waals surface area contributed by atoms with Crippen LogP contribution in [0, 0.1) is 5.82 Å². The molecule has 0 unspecified atom stereocenters.